The van der Waals surface area contributed by atoms with Gasteiger partial charge in [-0.25, -0.2) is 0 Å². The van der Waals surface area contributed by atoms with E-state index in [9.17, 15) is 0 Å². The summed E-state index contributed by atoms with van der Waals surface area (Å²) in [7, 11) is 6.04. The predicted molar refractivity (Wildman–Crippen MR) is 93.9 cm³/mol. The molecule has 0 radical (unpaired) electrons. The van der Waals surface area contributed by atoms with E-state index in [1.165, 1.54) is 18.4 Å². The van der Waals surface area contributed by atoms with Gasteiger partial charge in [-0.15, -0.1) is 0 Å². The fraction of sp³-hybridized carbons (Fsp3) is 0.647. The molecule has 3 nitrogen and oxygen atoms in total. The van der Waals surface area contributed by atoms with Crippen LogP contribution in [0, 0.1) is 5.92 Å². The number of hydrogen-bond acceptors (Lipinski definition) is 3. The van der Waals surface area contributed by atoms with E-state index >= 15 is 0 Å². The molecule has 0 aromatic heterocycles. The quantitative estimate of drug-likeness (QED) is 0.725. The standard InChI is InChI=1S/C17H29BrN2O/c1-6-14(7-2)16(20(3)4)12-19-11-13-8-9-17(21-5)15(18)10-13/h8-10,14,16,19H,6-7,11-12H2,1-5H3. The maximum absolute atomic E-state index is 5.26. The molecule has 0 aliphatic carbocycles. The van der Waals surface area contributed by atoms with E-state index in [2.05, 4.69) is 66.2 Å². The second kappa shape index (κ2) is 9.44. The van der Waals surface area contributed by atoms with Crippen molar-refractivity contribution in [1.82, 2.24) is 10.2 Å². The monoisotopic (exact) mass is 356 g/mol. The number of nitrogens with zero attached hydrogens (tertiary/aromatic N) is 1. The number of ether oxygens (including phenoxy) is 1. The van der Waals surface area contributed by atoms with E-state index < -0.39 is 0 Å². The van der Waals surface area contributed by atoms with Gasteiger partial charge in [0.1, 0.15) is 5.75 Å². The first-order valence-electron chi connectivity index (χ1n) is 7.72. The summed E-state index contributed by atoms with van der Waals surface area (Å²) in [5.74, 6) is 1.62. The molecule has 21 heavy (non-hydrogen) atoms. The summed E-state index contributed by atoms with van der Waals surface area (Å²) in [5.41, 5.74) is 1.27. The molecule has 1 rings (SSSR count). The molecule has 0 saturated heterocycles. The first kappa shape index (κ1) is 18.5. The topological polar surface area (TPSA) is 24.5 Å². The van der Waals surface area contributed by atoms with Crippen LogP contribution in [-0.2, 0) is 6.54 Å². The second-order valence-electron chi connectivity index (χ2n) is 5.71. The van der Waals surface area contributed by atoms with Crippen molar-refractivity contribution in [1.29, 1.82) is 0 Å². The predicted octanol–water partition coefficient (Wildman–Crippen LogP) is 3.91. The van der Waals surface area contributed by atoms with Gasteiger partial charge >= 0.3 is 0 Å². The van der Waals surface area contributed by atoms with Crippen molar-refractivity contribution in [3.05, 3.63) is 28.2 Å². The summed E-state index contributed by atoms with van der Waals surface area (Å²) < 4.78 is 6.27. The van der Waals surface area contributed by atoms with Crippen molar-refractivity contribution in [2.45, 2.75) is 39.3 Å². The summed E-state index contributed by atoms with van der Waals surface area (Å²) in [6, 6.07) is 6.82. The molecule has 0 amide bonds. The summed E-state index contributed by atoms with van der Waals surface area (Å²) in [6.07, 6.45) is 2.46. The summed E-state index contributed by atoms with van der Waals surface area (Å²) in [6.45, 7) is 6.46. The third-order valence-electron chi connectivity index (χ3n) is 4.16. The fourth-order valence-corrected chi connectivity index (χ4v) is 3.38. The molecule has 4 heteroatoms. The molecule has 0 aliphatic heterocycles. The van der Waals surface area contributed by atoms with E-state index in [1.807, 2.05) is 6.07 Å². The number of likely N-dealkylation sites (N-methyl/N-ethyl adjacent to an activating group) is 1. The third kappa shape index (κ3) is 5.61. The Bertz CT molecular complexity index is 419. The minimum atomic E-state index is 0.585. The molecule has 0 heterocycles. The minimum Gasteiger partial charge on any atom is -0.496 e. The van der Waals surface area contributed by atoms with Crippen LogP contribution in [0.25, 0.3) is 0 Å². The normalized spacial score (nSPS) is 13.0. The Morgan fingerprint density at radius 1 is 1.24 bits per heavy atom. The molecule has 1 atom stereocenters. The second-order valence-corrected chi connectivity index (χ2v) is 6.56. The fourth-order valence-electron chi connectivity index (χ4n) is 2.79. The van der Waals surface area contributed by atoms with Crippen LogP contribution in [0.4, 0.5) is 0 Å². The highest BCUT2D eigenvalue weighted by molar-refractivity contribution is 9.10. The van der Waals surface area contributed by atoms with Gasteiger partial charge in [0.2, 0.25) is 0 Å². The van der Waals surface area contributed by atoms with Gasteiger partial charge in [-0.05, 0) is 53.6 Å². The highest BCUT2D eigenvalue weighted by atomic mass is 79.9. The van der Waals surface area contributed by atoms with Crippen LogP contribution >= 0.6 is 15.9 Å². The number of halogens is 1. The average Bonchev–Trinajstić information content (AvgIpc) is 2.46. The van der Waals surface area contributed by atoms with Crippen molar-refractivity contribution >= 4 is 15.9 Å². The van der Waals surface area contributed by atoms with Crippen molar-refractivity contribution in [2.24, 2.45) is 5.92 Å². The molecule has 120 valence electrons. The van der Waals surface area contributed by atoms with E-state index in [0.29, 0.717) is 6.04 Å². The zero-order valence-electron chi connectivity index (χ0n) is 13.9. The number of benzene rings is 1. The smallest absolute Gasteiger partial charge is 0.133 e. The molecule has 0 bridgehead atoms. The van der Waals surface area contributed by atoms with E-state index in [0.717, 1.165) is 29.2 Å². The maximum atomic E-state index is 5.26. The summed E-state index contributed by atoms with van der Waals surface area (Å²) >= 11 is 3.54. The number of methoxy groups -OCH3 is 1. The highest BCUT2D eigenvalue weighted by Crippen LogP contribution is 2.25. The molecule has 0 spiro atoms. The Morgan fingerprint density at radius 2 is 1.90 bits per heavy atom. The Balaban J connectivity index is 2.56. The van der Waals surface area contributed by atoms with Crippen LogP contribution in [0.15, 0.2) is 22.7 Å². The number of nitrogens with one attached hydrogen (secondary N) is 1. The Hall–Kier alpha value is -0.580. The first-order valence-corrected chi connectivity index (χ1v) is 8.52. The van der Waals surface area contributed by atoms with Crippen LogP contribution in [-0.4, -0.2) is 38.7 Å². The first-order chi connectivity index (χ1) is 10.0. The lowest BCUT2D eigenvalue weighted by Gasteiger charge is -2.31. The van der Waals surface area contributed by atoms with Gasteiger partial charge in [-0.1, -0.05) is 32.8 Å². The summed E-state index contributed by atoms with van der Waals surface area (Å²) in [5, 5.41) is 3.59. The lowest BCUT2D eigenvalue weighted by molar-refractivity contribution is 0.194. The van der Waals surface area contributed by atoms with Gasteiger partial charge in [0.15, 0.2) is 0 Å². The molecule has 1 aromatic carbocycles. The van der Waals surface area contributed by atoms with E-state index in [4.69, 9.17) is 4.74 Å². The lowest BCUT2D eigenvalue weighted by Crippen LogP contribution is -2.42. The zero-order chi connectivity index (χ0) is 15.8. The molecule has 1 N–H and O–H groups in total. The highest BCUT2D eigenvalue weighted by Gasteiger charge is 2.19. The van der Waals surface area contributed by atoms with Crippen LogP contribution in [0.1, 0.15) is 32.3 Å². The van der Waals surface area contributed by atoms with Crippen LogP contribution in [0.2, 0.25) is 0 Å². The van der Waals surface area contributed by atoms with Gasteiger partial charge in [0.05, 0.1) is 11.6 Å². The minimum absolute atomic E-state index is 0.585. The average molecular weight is 357 g/mol. The van der Waals surface area contributed by atoms with Crippen LogP contribution in [0.3, 0.4) is 0 Å². The number of hydrogen-bond donors (Lipinski definition) is 1. The molecule has 1 aromatic rings. The van der Waals surface area contributed by atoms with E-state index in [1.54, 1.807) is 7.11 Å². The molecular weight excluding hydrogens is 328 g/mol. The molecule has 0 aliphatic rings. The maximum Gasteiger partial charge on any atom is 0.133 e. The SMILES string of the molecule is CCC(CC)C(CNCc1ccc(OC)c(Br)c1)N(C)C. The Kier molecular flexibility index (Phi) is 8.30. The summed E-state index contributed by atoms with van der Waals surface area (Å²) in [4.78, 5) is 2.34. The van der Waals surface area contributed by atoms with Crippen molar-refractivity contribution in [3.8, 4) is 5.75 Å². The van der Waals surface area contributed by atoms with Crippen LogP contribution < -0.4 is 10.1 Å². The molecule has 0 fully saturated rings. The molecule has 0 saturated carbocycles. The van der Waals surface area contributed by atoms with Crippen molar-refractivity contribution in [2.75, 3.05) is 27.7 Å². The lowest BCUT2D eigenvalue weighted by atomic mass is 9.93. The number of rotatable bonds is 9. The van der Waals surface area contributed by atoms with Crippen molar-refractivity contribution < 1.29 is 4.74 Å². The molecule has 1 unspecified atom stereocenters. The largest absolute Gasteiger partial charge is 0.496 e. The van der Waals surface area contributed by atoms with Gasteiger partial charge in [0.25, 0.3) is 0 Å². The Labute approximate surface area is 138 Å². The van der Waals surface area contributed by atoms with Gasteiger partial charge < -0.3 is 15.0 Å². The van der Waals surface area contributed by atoms with Crippen LogP contribution in [0.5, 0.6) is 5.75 Å². The molecular formula is C17H29BrN2O. The van der Waals surface area contributed by atoms with Gasteiger partial charge in [0, 0.05) is 19.1 Å². The van der Waals surface area contributed by atoms with Crippen molar-refractivity contribution in [3.63, 3.8) is 0 Å². The Morgan fingerprint density at radius 3 is 2.38 bits per heavy atom. The van der Waals surface area contributed by atoms with E-state index in [-0.39, 0.29) is 0 Å². The van der Waals surface area contributed by atoms with Gasteiger partial charge in [-0.3, -0.25) is 0 Å². The van der Waals surface area contributed by atoms with Gasteiger partial charge in [-0.2, -0.15) is 0 Å². The third-order valence-corrected chi connectivity index (χ3v) is 4.77. The zero-order valence-corrected chi connectivity index (χ0v) is 15.5.